The lowest BCUT2D eigenvalue weighted by Crippen LogP contribution is -2.37. The van der Waals surface area contributed by atoms with Crippen LogP contribution in [0.3, 0.4) is 0 Å². The van der Waals surface area contributed by atoms with Crippen LogP contribution in [0.4, 0.5) is 19.0 Å². The van der Waals surface area contributed by atoms with E-state index in [2.05, 4.69) is 10.3 Å². The number of alkyl halides is 3. The maximum Gasteiger partial charge on any atom is 0.433 e. The molecule has 3 nitrogen and oxygen atoms in total. The quantitative estimate of drug-likeness (QED) is 0.902. The molecular weight excluding hydrogens is 243 g/mol. The van der Waals surface area contributed by atoms with Crippen molar-refractivity contribution in [3.05, 3.63) is 23.9 Å². The molecule has 0 spiro atoms. The van der Waals surface area contributed by atoms with Gasteiger partial charge in [-0.15, -0.1) is 0 Å². The molecule has 1 N–H and O–H groups in total. The van der Waals surface area contributed by atoms with E-state index in [4.69, 9.17) is 0 Å². The van der Waals surface area contributed by atoms with Gasteiger partial charge in [0.25, 0.3) is 0 Å². The van der Waals surface area contributed by atoms with E-state index >= 15 is 0 Å². The molecule has 0 aliphatic carbocycles. The van der Waals surface area contributed by atoms with Crippen LogP contribution in [-0.4, -0.2) is 31.2 Å². The summed E-state index contributed by atoms with van der Waals surface area (Å²) in [5, 5.41) is 3.06. The van der Waals surface area contributed by atoms with E-state index in [9.17, 15) is 13.2 Å². The van der Waals surface area contributed by atoms with Crippen molar-refractivity contribution in [2.45, 2.75) is 25.1 Å². The Morgan fingerprint density at radius 2 is 2.22 bits per heavy atom. The predicted octanol–water partition coefficient (Wildman–Crippen LogP) is 2.29. The van der Waals surface area contributed by atoms with Crippen molar-refractivity contribution in [1.82, 2.24) is 10.3 Å². The summed E-state index contributed by atoms with van der Waals surface area (Å²) in [6.07, 6.45) is -2.41. The van der Waals surface area contributed by atoms with Crippen molar-refractivity contribution in [3.63, 3.8) is 0 Å². The standard InChI is InChI=1S/C12H16F3N3/c1-16-8-9-4-3-7-18(9)11-6-2-5-10(17-11)12(13,14)15/h2,5-6,9,16H,3-4,7-8H2,1H3. The lowest BCUT2D eigenvalue weighted by Gasteiger charge is -2.26. The van der Waals surface area contributed by atoms with E-state index in [1.165, 1.54) is 6.07 Å². The number of rotatable bonds is 3. The molecule has 6 heteroatoms. The van der Waals surface area contributed by atoms with E-state index in [1.807, 2.05) is 11.9 Å². The molecule has 1 atom stereocenters. The maximum absolute atomic E-state index is 12.6. The van der Waals surface area contributed by atoms with Crippen molar-refractivity contribution in [2.75, 3.05) is 25.0 Å². The van der Waals surface area contributed by atoms with Crippen molar-refractivity contribution in [1.29, 1.82) is 0 Å². The molecule has 1 aromatic rings. The zero-order chi connectivity index (χ0) is 13.2. The van der Waals surface area contributed by atoms with Gasteiger partial charge in [-0.1, -0.05) is 6.07 Å². The Kier molecular flexibility index (Phi) is 3.75. The highest BCUT2D eigenvalue weighted by molar-refractivity contribution is 5.42. The van der Waals surface area contributed by atoms with Gasteiger partial charge in [-0.3, -0.25) is 0 Å². The van der Waals surface area contributed by atoms with Gasteiger partial charge in [0.05, 0.1) is 0 Å². The molecule has 18 heavy (non-hydrogen) atoms. The average molecular weight is 259 g/mol. The minimum Gasteiger partial charge on any atom is -0.352 e. The molecule has 1 aliphatic heterocycles. The normalized spacial score (nSPS) is 20.4. The fourth-order valence-electron chi connectivity index (χ4n) is 2.33. The SMILES string of the molecule is CNCC1CCCN1c1cccc(C(F)(F)F)n1. The molecule has 100 valence electrons. The number of likely N-dealkylation sites (N-methyl/N-ethyl adjacent to an activating group) is 1. The number of pyridine rings is 1. The third-order valence-corrected chi connectivity index (χ3v) is 3.14. The van der Waals surface area contributed by atoms with Crippen LogP contribution in [-0.2, 0) is 6.18 Å². The number of aromatic nitrogens is 1. The van der Waals surface area contributed by atoms with Crippen LogP contribution in [0, 0.1) is 0 Å². The first-order chi connectivity index (χ1) is 8.52. The van der Waals surface area contributed by atoms with Crippen LogP contribution < -0.4 is 10.2 Å². The fourth-order valence-corrected chi connectivity index (χ4v) is 2.33. The summed E-state index contributed by atoms with van der Waals surface area (Å²) < 4.78 is 37.8. The van der Waals surface area contributed by atoms with E-state index in [-0.39, 0.29) is 6.04 Å². The average Bonchev–Trinajstić information content (AvgIpc) is 2.77. The summed E-state index contributed by atoms with van der Waals surface area (Å²) in [5.74, 6) is 0.419. The van der Waals surface area contributed by atoms with Gasteiger partial charge >= 0.3 is 6.18 Å². The number of nitrogens with one attached hydrogen (secondary N) is 1. The first-order valence-corrected chi connectivity index (χ1v) is 5.98. The van der Waals surface area contributed by atoms with Crippen LogP contribution in [0.5, 0.6) is 0 Å². The molecule has 0 aromatic carbocycles. The monoisotopic (exact) mass is 259 g/mol. The highest BCUT2D eigenvalue weighted by Crippen LogP contribution is 2.30. The third kappa shape index (κ3) is 2.75. The maximum atomic E-state index is 12.6. The number of hydrogen-bond acceptors (Lipinski definition) is 3. The van der Waals surface area contributed by atoms with E-state index in [0.717, 1.165) is 32.0 Å². The minimum atomic E-state index is -4.38. The van der Waals surface area contributed by atoms with E-state index in [0.29, 0.717) is 5.82 Å². The lowest BCUT2D eigenvalue weighted by atomic mass is 10.2. The largest absolute Gasteiger partial charge is 0.433 e. The molecule has 1 unspecified atom stereocenters. The van der Waals surface area contributed by atoms with Crippen LogP contribution in [0.1, 0.15) is 18.5 Å². The van der Waals surface area contributed by atoms with E-state index in [1.54, 1.807) is 6.07 Å². The molecule has 0 amide bonds. The zero-order valence-corrected chi connectivity index (χ0v) is 10.2. The summed E-state index contributed by atoms with van der Waals surface area (Å²) in [6.45, 7) is 1.53. The molecular formula is C12H16F3N3. The van der Waals surface area contributed by atoms with Crippen LogP contribution in [0.15, 0.2) is 18.2 Å². The molecule has 0 saturated carbocycles. The van der Waals surface area contributed by atoms with Gasteiger partial charge in [-0.2, -0.15) is 13.2 Å². The van der Waals surface area contributed by atoms with Crippen molar-refractivity contribution in [3.8, 4) is 0 Å². The van der Waals surface area contributed by atoms with Gasteiger partial charge in [0.15, 0.2) is 0 Å². The summed E-state index contributed by atoms with van der Waals surface area (Å²) in [7, 11) is 1.84. The molecule has 1 aromatic heterocycles. The number of hydrogen-bond donors (Lipinski definition) is 1. The van der Waals surface area contributed by atoms with E-state index < -0.39 is 11.9 Å². The Balaban J connectivity index is 2.22. The molecule has 1 aliphatic rings. The Labute approximate surface area is 104 Å². The van der Waals surface area contributed by atoms with Crippen molar-refractivity contribution in [2.24, 2.45) is 0 Å². The lowest BCUT2D eigenvalue weighted by molar-refractivity contribution is -0.141. The summed E-state index contributed by atoms with van der Waals surface area (Å²) in [5.41, 5.74) is -0.824. The summed E-state index contributed by atoms with van der Waals surface area (Å²) in [6, 6.07) is 4.29. The van der Waals surface area contributed by atoms with Crippen molar-refractivity contribution >= 4 is 5.82 Å². The zero-order valence-electron chi connectivity index (χ0n) is 10.2. The Morgan fingerprint density at radius 1 is 1.44 bits per heavy atom. The second-order valence-corrected chi connectivity index (χ2v) is 4.43. The second kappa shape index (κ2) is 5.14. The highest BCUT2D eigenvalue weighted by Gasteiger charge is 2.33. The molecule has 0 radical (unpaired) electrons. The Bertz CT molecular complexity index is 406. The van der Waals surface area contributed by atoms with Gasteiger partial charge in [0.2, 0.25) is 0 Å². The van der Waals surface area contributed by atoms with Crippen LogP contribution in [0.25, 0.3) is 0 Å². The van der Waals surface area contributed by atoms with Gasteiger partial charge < -0.3 is 10.2 Å². The molecule has 0 bridgehead atoms. The summed E-state index contributed by atoms with van der Waals surface area (Å²) >= 11 is 0. The number of anilines is 1. The number of halogens is 3. The Morgan fingerprint density at radius 3 is 2.89 bits per heavy atom. The summed E-state index contributed by atoms with van der Waals surface area (Å²) in [4.78, 5) is 5.68. The van der Waals surface area contributed by atoms with Crippen LogP contribution >= 0.6 is 0 Å². The first kappa shape index (κ1) is 13.1. The minimum absolute atomic E-state index is 0.228. The molecule has 1 fully saturated rings. The predicted molar refractivity (Wildman–Crippen MR) is 63.5 cm³/mol. The van der Waals surface area contributed by atoms with Gasteiger partial charge in [-0.25, -0.2) is 4.98 Å². The molecule has 2 heterocycles. The van der Waals surface area contributed by atoms with Crippen molar-refractivity contribution < 1.29 is 13.2 Å². The highest BCUT2D eigenvalue weighted by atomic mass is 19.4. The first-order valence-electron chi connectivity index (χ1n) is 5.98. The topological polar surface area (TPSA) is 28.2 Å². The second-order valence-electron chi connectivity index (χ2n) is 4.43. The van der Waals surface area contributed by atoms with Gasteiger partial charge in [0.1, 0.15) is 11.5 Å². The number of nitrogens with zero attached hydrogens (tertiary/aromatic N) is 2. The smallest absolute Gasteiger partial charge is 0.352 e. The Hall–Kier alpha value is -1.30. The van der Waals surface area contributed by atoms with Gasteiger partial charge in [-0.05, 0) is 32.0 Å². The molecule has 2 rings (SSSR count). The third-order valence-electron chi connectivity index (χ3n) is 3.14. The molecule has 1 saturated heterocycles. The van der Waals surface area contributed by atoms with Crippen LogP contribution in [0.2, 0.25) is 0 Å². The fraction of sp³-hybridized carbons (Fsp3) is 0.583. The van der Waals surface area contributed by atoms with Gasteiger partial charge in [0, 0.05) is 19.1 Å².